The summed E-state index contributed by atoms with van der Waals surface area (Å²) in [6.07, 6.45) is 25.2. The molecule has 51 heavy (non-hydrogen) atoms. The number of hydrogen-bond acceptors (Lipinski definition) is 9. The molecule has 0 radical (unpaired) electrons. The number of carbonyl (C=O) groups excluding carboxylic acids is 2. The van der Waals surface area contributed by atoms with Crippen LogP contribution in [0.25, 0.3) is 0 Å². The third-order valence-corrected chi connectivity index (χ3v) is 9.96. The number of rotatable bonds is 36. The zero-order chi connectivity index (χ0) is 37.5. The number of ether oxygens (including phenoxy) is 2. The zero-order valence-electron chi connectivity index (χ0n) is 33.6. The van der Waals surface area contributed by atoms with E-state index in [9.17, 15) is 19.2 Å². The summed E-state index contributed by atoms with van der Waals surface area (Å²) in [5, 5.41) is 5.98. The highest BCUT2D eigenvalue weighted by Gasteiger charge is 2.19. The normalized spacial score (nSPS) is 12.7. The molecule has 0 fully saturated rings. The van der Waals surface area contributed by atoms with Crippen molar-refractivity contribution >= 4 is 23.3 Å². The van der Waals surface area contributed by atoms with Crippen molar-refractivity contribution in [1.29, 1.82) is 0 Å². The van der Waals surface area contributed by atoms with Crippen LogP contribution in [0.4, 0.5) is 11.4 Å². The number of unbranched alkanes of at least 4 members (excludes halogenated alkanes) is 13. The second-order valence-electron chi connectivity index (χ2n) is 14.8. The Morgan fingerprint density at radius 1 is 0.608 bits per heavy atom. The molecule has 0 saturated carbocycles. The van der Waals surface area contributed by atoms with Crippen molar-refractivity contribution < 1.29 is 19.1 Å². The minimum Gasteiger partial charge on any atom is -0.465 e. The fourth-order valence-corrected chi connectivity index (χ4v) is 6.61. The summed E-state index contributed by atoms with van der Waals surface area (Å²) in [5.41, 5.74) is -0.0747. The predicted molar refractivity (Wildman–Crippen MR) is 214 cm³/mol. The van der Waals surface area contributed by atoms with Crippen molar-refractivity contribution in [2.24, 2.45) is 5.92 Å². The first-order valence-electron chi connectivity index (χ1n) is 21.1. The maximum absolute atomic E-state index is 12.5. The van der Waals surface area contributed by atoms with Gasteiger partial charge in [0.25, 0.3) is 10.9 Å². The molecule has 0 aliphatic carbocycles. The largest absolute Gasteiger partial charge is 0.465 e. The van der Waals surface area contributed by atoms with Crippen molar-refractivity contribution in [3.8, 4) is 0 Å². The van der Waals surface area contributed by atoms with Gasteiger partial charge < -0.3 is 25.0 Å². The molecule has 2 N–H and O–H groups in total. The van der Waals surface area contributed by atoms with Crippen LogP contribution >= 0.6 is 0 Å². The minimum atomic E-state index is -0.443. The lowest BCUT2D eigenvalue weighted by Gasteiger charge is -2.23. The predicted octanol–water partition coefficient (Wildman–Crippen LogP) is 9.55. The first-order valence-corrected chi connectivity index (χ1v) is 21.1. The smallest absolute Gasteiger partial charge is 0.306 e. The monoisotopic (exact) mass is 720 g/mol. The van der Waals surface area contributed by atoms with Gasteiger partial charge >= 0.3 is 11.9 Å². The zero-order valence-corrected chi connectivity index (χ0v) is 33.6. The van der Waals surface area contributed by atoms with Crippen LogP contribution in [-0.4, -0.2) is 62.8 Å². The Kier molecular flexibility index (Phi) is 28.5. The van der Waals surface area contributed by atoms with E-state index in [2.05, 4.69) is 43.2 Å². The summed E-state index contributed by atoms with van der Waals surface area (Å²) in [4.78, 5) is 50.7. The van der Waals surface area contributed by atoms with Crippen LogP contribution in [-0.2, 0) is 19.1 Å². The van der Waals surface area contributed by atoms with E-state index < -0.39 is 10.9 Å². The molecule has 1 rings (SSSR count). The summed E-state index contributed by atoms with van der Waals surface area (Å²) in [6, 6.07) is 0. The second-order valence-corrected chi connectivity index (χ2v) is 14.8. The molecular weight excluding hydrogens is 642 g/mol. The molecule has 0 spiro atoms. The van der Waals surface area contributed by atoms with E-state index in [4.69, 9.17) is 9.47 Å². The Bertz CT molecular complexity index is 1090. The van der Waals surface area contributed by atoms with Crippen LogP contribution in [0.3, 0.4) is 0 Å². The van der Waals surface area contributed by atoms with Gasteiger partial charge in [0.2, 0.25) is 0 Å². The fraction of sp³-hybridized carbons (Fsp3) is 0.857. The van der Waals surface area contributed by atoms with Crippen LogP contribution in [0.15, 0.2) is 9.59 Å². The molecule has 0 heterocycles. The Balaban J connectivity index is 2.34. The molecule has 0 amide bonds. The molecule has 1 aromatic rings. The summed E-state index contributed by atoms with van der Waals surface area (Å²) in [7, 11) is 1.66. The van der Waals surface area contributed by atoms with E-state index in [-0.39, 0.29) is 18.0 Å². The van der Waals surface area contributed by atoms with Gasteiger partial charge in [-0.05, 0) is 83.3 Å². The summed E-state index contributed by atoms with van der Waals surface area (Å²) < 4.78 is 11.3. The molecular formula is C42H77N3O6. The van der Waals surface area contributed by atoms with Gasteiger partial charge in [-0.15, -0.1) is 0 Å². The lowest BCUT2D eigenvalue weighted by molar-refractivity contribution is -0.150. The summed E-state index contributed by atoms with van der Waals surface area (Å²) >= 11 is 0. The number of anilines is 2. The van der Waals surface area contributed by atoms with Crippen molar-refractivity contribution in [2.45, 2.75) is 188 Å². The van der Waals surface area contributed by atoms with Crippen LogP contribution < -0.4 is 21.5 Å². The molecule has 296 valence electrons. The van der Waals surface area contributed by atoms with Gasteiger partial charge in [0.15, 0.2) is 0 Å². The highest BCUT2D eigenvalue weighted by Crippen LogP contribution is 2.17. The Hall–Kier alpha value is -2.42. The molecule has 9 nitrogen and oxygen atoms in total. The minimum absolute atomic E-state index is 0.0271. The molecule has 2 atom stereocenters. The van der Waals surface area contributed by atoms with E-state index in [0.29, 0.717) is 43.3 Å². The topological polar surface area (TPSA) is 114 Å². The first-order chi connectivity index (χ1) is 24.8. The third-order valence-electron chi connectivity index (χ3n) is 9.96. The van der Waals surface area contributed by atoms with Crippen LogP contribution in [0.2, 0.25) is 0 Å². The number of carbonyl (C=O) groups is 2. The molecule has 2 unspecified atom stereocenters. The van der Waals surface area contributed by atoms with Gasteiger partial charge in [-0.1, -0.05) is 111 Å². The van der Waals surface area contributed by atoms with Gasteiger partial charge in [0.05, 0.1) is 6.61 Å². The SMILES string of the molecule is CCCCCC(C)COC(=O)CCCCCCCN(CCCCCCCC(=O)OC(CCCC)CCCCC)CCCNc1c(NC)c(=O)c1=O. The highest BCUT2D eigenvalue weighted by molar-refractivity contribution is 5.73. The van der Waals surface area contributed by atoms with E-state index in [1.54, 1.807) is 7.05 Å². The molecule has 0 bridgehead atoms. The van der Waals surface area contributed by atoms with Crippen molar-refractivity contribution in [2.75, 3.05) is 50.5 Å². The van der Waals surface area contributed by atoms with Gasteiger partial charge in [0.1, 0.15) is 17.5 Å². The maximum atomic E-state index is 12.5. The fourth-order valence-electron chi connectivity index (χ4n) is 6.61. The molecule has 1 aromatic carbocycles. The standard InChI is InChI=1S/C42H77N3O6/c1-6-9-18-25-35(4)34-50-37(46)28-20-14-12-16-22-31-45(33-24-30-44-40-39(43-5)41(48)42(40)49)32-23-17-13-15-21-29-38(47)51-36(26-11-8-3)27-19-10-7-2/h35-36,43-44H,6-34H2,1-5H3. The second kappa shape index (κ2) is 31.1. The van der Waals surface area contributed by atoms with Gasteiger partial charge in [0, 0.05) is 26.4 Å². The Morgan fingerprint density at radius 3 is 1.73 bits per heavy atom. The molecule has 0 aromatic heterocycles. The van der Waals surface area contributed by atoms with E-state index in [1.807, 2.05) is 0 Å². The van der Waals surface area contributed by atoms with Gasteiger partial charge in [-0.2, -0.15) is 0 Å². The van der Waals surface area contributed by atoms with Gasteiger partial charge in [-0.3, -0.25) is 19.2 Å². The van der Waals surface area contributed by atoms with Crippen molar-refractivity contribution in [1.82, 2.24) is 4.90 Å². The maximum Gasteiger partial charge on any atom is 0.306 e. The van der Waals surface area contributed by atoms with Crippen LogP contribution in [0.5, 0.6) is 0 Å². The number of hydrogen-bond donors (Lipinski definition) is 2. The quantitative estimate of drug-likeness (QED) is 0.0398. The molecule has 0 aliphatic heterocycles. The highest BCUT2D eigenvalue weighted by atomic mass is 16.5. The molecule has 0 aliphatic rings. The van der Waals surface area contributed by atoms with Crippen LogP contribution in [0.1, 0.15) is 182 Å². The summed E-state index contributed by atoms with van der Waals surface area (Å²) in [6.45, 7) is 13.0. The van der Waals surface area contributed by atoms with E-state index >= 15 is 0 Å². The van der Waals surface area contributed by atoms with Crippen molar-refractivity contribution in [3.63, 3.8) is 0 Å². The Labute approximate surface area is 311 Å². The van der Waals surface area contributed by atoms with E-state index in [0.717, 1.165) is 129 Å². The average Bonchev–Trinajstić information content (AvgIpc) is 3.12. The number of esters is 2. The lowest BCUT2D eigenvalue weighted by Crippen LogP contribution is -2.37. The van der Waals surface area contributed by atoms with Gasteiger partial charge in [-0.25, -0.2) is 0 Å². The first kappa shape index (κ1) is 46.6. The molecule has 9 heteroatoms. The average molecular weight is 720 g/mol. The third kappa shape index (κ3) is 23.0. The number of nitrogens with zero attached hydrogens (tertiary/aromatic N) is 1. The lowest BCUT2D eigenvalue weighted by atomic mass is 10.0. The molecule has 0 saturated heterocycles. The number of nitrogens with one attached hydrogen (secondary N) is 2. The Morgan fingerprint density at radius 2 is 1.12 bits per heavy atom. The van der Waals surface area contributed by atoms with E-state index in [1.165, 1.54) is 32.1 Å². The van der Waals surface area contributed by atoms with Crippen molar-refractivity contribution in [3.05, 3.63) is 20.4 Å². The summed E-state index contributed by atoms with van der Waals surface area (Å²) in [5.74, 6) is 0.355. The van der Waals surface area contributed by atoms with Crippen LogP contribution in [0, 0.1) is 5.92 Å².